The highest BCUT2D eigenvalue weighted by Crippen LogP contribution is 2.40. The molecule has 5 heteroatoms. The monoisotopic (exact) mass is 288 g/mol. The summed E-state index contributed by atoms with van der Waals surface area (Å²) >= 11 is 0. The number of piperidine rings is 1. The van der Waals surface area contributed by atoms with Gasteiger partial charge in [-0.3, -0.25) is 4.90 Å². The summed E-state index contributed by atoms with van der Waals surface area (Å²) in [7, 11) is 2.13. The number of aryl methyl sites for hydroxylation is 1. The standard InChI is InChI=1S/C16H20N2O3/c1-10-17-14-5-11(3-4-15(14)21-10)16(19)6-12-8-20-9-13(7-16)18(12)2/h3-5,12-13,19H,6-9H2,1-2H3. The minimum atomic E-state index is -0.799. The van der Waals surface area contributed by atoms with E-state index in [-0.39, 0.29) is 12.1 Å². The van der Waals surface area contributed by atoms with Crippen molar-refractivity contribution >= 4 is 11.1 Å². The summed E-state index contributed by atoms with van der Waals surface area (Å²) in [4.78, 5) is 6.72. The summed E-state index contributed by atoms with van der Waals surface area (Å²) in [6.45, 7) is 3.23. The zero-order valence-corrected chi connectivity index (χ0v) is 12.4. The van der Waals surface area contributed by atoms with E-state index >= 15 is 0 Å². The third-order valence-corrected chi connectivity index (χ3v) is 4.95. The summed E-state index contributed by atoms with van der Waals surface area (Å²) in [5, 5.41) is 11.2. The molecular formula is C16H20N2O3. The molecule has 2 fully saturated rings. The Kier molecular flexibility index (Phi) is 2.86. The maximum atomic E-state index is 11.2. The highest BCUT2D eigenvalue weighted by atomic mass is 16.5. The SMILES string of the molecule is Cc1nc2cc(C3(O)CC4COCC(C3)N4C)ccc2o1. The number of hydrogen-bond acceptors (Lipinski definition) is 5. The number of benzene rings is 1. The fraction of sp³-hybridized carbons (Fsp3) is 0.562. The first-order valence-corrected chi connectivity index (χ1v) is 7.45. The van der Waals surface area contributed by atoms with E-state index in [9.17, 15) is 5.11 Å². The number of oxazole rings is 1. The van der Waals surface area contributed by atoms with Gasteiger partial charge in [-0.25, -0.2) is 4.98 Å². The minimum absolute atomic E-state index is 0.275. The van der Waals surface area contributed by atoms with Crippen molar-refractivity contribution in [3.8, 4) is 0 Å². The van der Waals surface area contributed by atoms with E-state index in [0.29, 0.717) is 31.9 Å². The van der Waals surface area contributed by atoms with Gasteiger partial charge in [-0.05, 0) is 37.6 Å². The van der Waals surface area contributed by atoms with Gasteiger partial charge in [0.2, 0.25) is 0 Å². The Hall–Kier alpha value is -1.43. The molecule has 0 saturated carbocycles. The molecule has 1 aromatic carbocycles. The van der Waals surface area contributed by atoms with Crippen LogP contribution in [0.2, 0.25) is 0 Å². The van der Waals surface area contributed by atoms with Crippen LogP contribution in [0, 0.1) is 6.92 Å². The zero-order chi connectivity index (χ0) is 14.6. The van der Waals surface area contributed by atoms with E-state index < -0.39 is 5.60 Å². The number of morpholine rings is 1. The van der Waals surface area contributed by atoms with E-state index in [1.165, 1.54) is 0 Å². The molecule has 2 unspecified atom stereocenters. The lowest BCUT2D eigenvalue weighted by molar-refractivity contribution is -0.137. The second kappa shape index (κ2) is 4.53. The summed E-state index contributed by atoms with van der Waals surface area (Å²) in [5.74, 6) is 0.655. The van der Waals surface area contributed by atoms with Gasteiger partial charge in [0.25, 0.3) is 0 Å². The van der Waals surface area contributed by atoms with Gasteiger partial charge in [-0.2, -0.15) is 0 Å². The molecule has 2 bridgehead atoms. The predicted octanol–water partition coefficient (Wildman–Crippen LogP) is 1.82. The number of nitrogens with zero attached hydrogens (tertiary/aromatic N) is 2. The van der Waals surface area contributed by atoms with Crippen molar-refractivity contribution in [2.45, 2.75) is 37.5 Å². The number of fused-ring (bicyclic) bond motifs is 3. The van der Waals surface area contributed by atoms with Crippen molar-refractivity contribution in [1.82, 2.24) is 9.88 Å². The molecule has 3 heterocycles. The lowest BCUT2D eigenvalue weighted by Crippen LogP contribution is -2.59. The van der Waals surface area contributed by atoms with Crippen molar-refractivity contribution in [2.24, 2.45) is 0 Å². The molecule has 2 aliphatic heterocycles. The van der Waals surface area contributed by atoms with Gasteiger partial charge in [0.05, 0.1) is 18.8 Å². The average molecular weight is 288 g/mol. The molecule has 0 radical (unpaired) electrons. The van der Waals surface area contributed by atoms with E-state index in [2.05, 4.69) is 16.9 Å². The highest BCUT2D eigenvalue weighted by molar-refractivity contribution is 5.73. The van der Waals surface area contributed by atoms with E-state index in [4.69, 9.17) is 9.15 Å². The van der Waals surface area contributed by atoms with Crippen LogP contribution >= 0.6 is 0 Å². The molecule has 2 aromatic rings. The molecule has 1 aromatic heterocycles. The van der Waals surface area contributed by atoms with Gasteiger partial charge >= 0.3 is 0 Å². The van der Waals surface area contributed by atoms with E-state index in [1.54, 1.807) is 0 Å². The topological polar surface area (TPSA) is 58.7 Å². The zero-order valence-electron chi connectivity index (χ0n) is 12.4. The Morgan fingerprint density at radius 1 is 1.29 bits per heavy atom. The Morgan fingerprint density at radius 3 is 2.71 bits per heavy atom. The lowest BCUT2D eigenvalue weighted by atomic mass is 9.77. The Bertz CT molecular complexity index is 667. The molecule has 2 atom stereocenters. The molecule has 5 nitrogen and oxygen atoms in total. The van der Waals surface area contributed by atoms with Gasteiger partial charge in [0.15, 0.2) is 11.5 Å². The number of aliphatic hydroxyl groups is 1. The number of aromatic nitrogens is 1. The van der Waals surface area contributed by atoms with Crippen LogP contribution in [0.1, 0.15) is 24.3 Å². The van der Waals surface area contributed by atoms with Crippen LogP contribution in [0.15, 0.2) is 22.6 Å². The van der Waals surface area contributed by atoms with Crippen molar-refractivity contribution in [3.63, 3.8) is 0 Å². The first-order chi connectivity index (χ1) is 10.0. The third kappa shape index (κ3) is 2.08. The van der Waals surface area contributed by atoms with Crippen LogP contribution in [-0.4, -0.2) is 47.3 Å². The van der Waals surface area contributed by atoms with Gasteiger partial charge in [0, 0.05) is 19.0 Å². The van der Waals surface area contributed by atoms with Gasteiger partial charge in [-0.1, -0.05) is 6.07 Å². The molecular weight excluding hydrogens is 268 g/mol. The highest BCUT2D eigenvalue weighted by Gasteiger charge is 2.45. The summed E-state index contributed by atoms with van der Waals surface area (Å²) in [6, 6.07) is 6.39. The molecule has 2 saturated heterocycles. The van der Waals surface area contributed by atoms with E-state index in [0.717, 1.165) is 16.7 Å². The van der Waals surface area contributed by atoms with Crippen LogP contribution in [-0.2, 0) is 10.3 Å². The predicted molar refractivity (Wildman–Crippen MR) is 78.0 cm³/mol. The van der Waals surface area contributed by atoms with Crippen LogP contribution in [0.3, 0.4) is 0 Å². The number of likely N-dealkylation sites (N-methyl/N-ethyl adjacent to an activating group) is 1. The first-order valence-electron chi connectivity index (χ1n) is 7.45. The third-order valence-electron chi connectivity index (χ3n) is 4.95. The Balaban J connectivity index is 1.72. The van der Waals surface area contributed by atoms with Crippen molar-refractivity contribution in [2.75, 3.05) is 20.3 Å². The Morgan fingerprint density at radius 2 is 2.00 bits per heavy atom. The molecule has 2 aliphatic rings. The fourth-order valence-corrected chi connectivity index (χ4v) is 3.71. The number of hydrogen-bond donors (Lipinski definition) is 1. The normalized spacial score (nSPS) is 33.5. The molecule has 0 aliphatic carbocycles. The minimum Gasteiger partial charge on any atom is -0.441 e. The van der Waals surface area contributed by atoms with Crippen LogP contribution in [0.4, 0.5) is 0 Å². The quantitative estimate of drug-likeness (QED) is 0.867. The smallest absolute Gasteiger partial charge is 0.192 e. The van der Waals surface area contributed by atoms with Gasteiger partial charge < -0.3 is 14.3 Å². The summed E-state index contributed by atoms with van der Waals surface area (Å²) in [6.07, 6.45) is 1.39. The maximum Gasteiger partial charge on any atom is 0.192 e. The number of ether oxygens (including phenoxy) is 1. The van der Waals surface area contributed by atoms with E-state index in [1.807, 2.05) is 25.1 Å². The van der Waals surface area contributed by atoms with Crippen LogP contribution < -0.4 is 0 Å². The molecule has 0 amide bonds. The van der Waals surface area contributed by atoms with Gasteiger partial charge in [-0.15, -0.1) is 0 Å². The summed E-state index contributed by atoms with van der Waals surface area (Å²) < 4.78 is 11.1. The van der Waals surface area contributed by atoms with Crippen LogP contribution in [0.5, 0.6) is 0 Å². The van der Waals surface area contributed by atoms with Crippen LogP contribution in [0.25, 0.3) is 11.1 Å². The maximum absolute atomic E-state index is 11.2. The Labute approximate surface area is 123 Å². The summed E-state index contributed by atoms with van der Waals surface area (Å²) in [5.41, 5.74) is 1.73. The largest absolute Gasteiger partial charge is 0.441 e. The van der Waals surface area contributed by atoms with Gasteiger partial charge in [0.1, 0.15) is 5.52 Å². The molecule has 4 rings (SSSR count). The lowest BCUT2D eigenvalue weighted by Gasteiger charge is -2.50. The van der Waals surface area contributed by atoms with Crippen molar-refractivity contribution in [1.29, 1.82) is 0 Å². The second-order valence-corrected chi connectivity index (χ2v) is 6.37. The number of rotatable bonds is 1. The molecule has 21 heavy (non-hydrogen) atoms. The fourth-order valence-electron chi connectivity index (χ4n) is 3.71. The molecule has 1 N–H and O–H groups in total. The second-order valence-electron chi connectivity index (χ2n) is 6.37. The average Bonchev–Trinajstić information content (AvgIpc) is 2.80. The molecule has 0 spiro atoms. The first kappa shape index (κ1) is 13.2. The van der Waals surface area contributed by atoms with Crippen molar-refractivity contribution < 1.29 is 14.3 Å². The molecule has 112 valence electrons. The van der Waals surface area contributed by atoms with Crippen molar-refractivity contribution in [3.05, 3.63) is 29.7 Å².